The van der Waals surface area contributed by atoms with Crippen LogP contribution in [-0.2, 0) is 14.8 Å². The molecule has 0 aliphatic heterocycles. The zero-order chi connectivity index (χ0) is 24.3. The number of nitrogens with zero attached hydrogens (tertiary/aromatic N) is 1. The number of rotatable bonds is 7. The normalized spacial score (nSPS) is 11.3. The van der Waals surface area contributed by atoms with Crippen molar-refractivity contribution in [3.05, 3.63) is 84.2 Å². The fourth-order valence-electron chi connectivity index (χ4n) is 3.29. The number of carbonyl (C=O) groups is 1. The molecule has 0 aliphatic carbocycles. The maximum atomic E-state index is 13.5. The Kier molecular flexibility index (Phi) is 6.73. The number of nitrogens with two attached hydrogens (primary N) is 1. The van der Waals surface area contributed by atoms with E-state index in [0.29, 0.717) is 38.1 Å². The highest BCUT2D eigenvalue weighted by molar-refractivity contribution is 7.89. The first-order valence-electron chi connectivity index (χ1n) is 10.2. The van der Waals surface area contributed by atoms with Crippen LogP contribution in [0.1, 0.15) is 17.3 Å². The van der Waals surface area contributed by atoms with Gasteiger partial charge < -0.3 is 10.1 Å². The van der Waals surface area contributed by atoms with Crippen molar-refractivity contribution >= 4 is 38.1 Å². The maximum Gasteiger partial charge on any atom is 0.338 e. The standard InChI is InChI=1S/C24H20FN3O4S2/c1-2-32-23(29)16-9-13-18(14-10-16)27-24-28-21(15-7-11-17(25)12-8-15)22(33-24)19-5-3-4-6-20(19)34(26,30)31/h3-14H,2H2,1H3,(H,27,28)(H2,26,30,31). The molecule has 1 aromatic heterocycles. The van der Waals surface area contributed by atoms with Gasteiger partial charge in [0.15, 0.2) is 5.13 Å². The molecule has 0 fully saturated rings. The summed E-state index contributed by atoms with van der Waals surface area (Å²) in [6.07, 6.45) is 0. The third kappa shape index (κ3) is 5.14. The van der Waals surface area contributed by atoms with Gasteiger partial charge in [-0.1, -0.05) is 29.5 Å². The van der Waals surface area contributed by atoms with Gasteiger partial charge in [0.05, 0.1) is 27.6 Å². The molecule has 0 saturated heterocycles. The molecule has 0 aliphatic rings. The third-order valence-corrected chi connectivity index (χ3v) is 6.80. The van der Waals surface area contributed by atoms with Gasteiger partial charge in [-0.25, -0.2) is 27.7 Å². The minimum absolute atomic E-state index is 0.0349. The number of hydrogen-bond donors (Lipinski definition) is 2. The second-order valence-electron chi connectivity index (χ2n) is 7.17. The van der Waals surface area contributed by atoms with Crippen LogP contribution < -0.4 is 10.5 Å². The summed E-state index contributed by atoms with van der Waals surface area (Å²) in [5, 5.41) is 9.09. The molecule has 4 aromatic rings. The van der Waals surface area contributed by atoms with E-state index in [9.17, 15) is 17.6 Å². The Morgan fingerprint density at radius 2 is 1.74 bits per heavy atom. The van der Waals surface area contributed by atoms with Gasteiger partial charge in [-0.05, 0) is 61.5 Å². The van der Waals surface area contributed by atoms with Gasteiger partial charge in [-0.2, -0.15) is 0 Å². The summed E-state index contributed by atoms with van der Waals surface area (Å²) >= 11 is 1.23. The zero-order valence-corrected chi connectivity index (χ0v) is 19.6. The molecule has 0 spiro atoms. The van der Waals surface area contributed by atoms with Crippen molar-refractivity contribution in [1.82, 2.24) is 4.98 Å². The molecule has 0 bridgehead atoms. The lowest BCUT2D eigenvalue weighted by Gasteiger charge is -2.07. The van der Waals surface area contributed by atoms with Crippen LogP contribution in [0.4, 0.5) is 15.2 Å². The zero-order valence-electron chi connectivity index (χ0n) is 18.0. The van der Waals surface area contributed by atoms with Crippen molar-refractivity contribution in [3.63, 3.8) is 0 Å². The van der Waals surface area contributed by atoms with Gasteiger partial charge in [-0.15, -0.1) is 0 Å². The number of nitrogens with one attached hydrogen (secondary N) is 1. The van der Waals surface area contributed by atoms with Crippen molar-refractivity contribution in [1.29, 1.82) is 0 Å². The first kappa shape index (κ1) is 23.6. The number of ether oxygens (including phenoxy) is 1. The average Bonchev–Trinajstić information content (AvgIpc) is 3.23. The predicted molar refractivity (Wildman–Crippen MR) is 130 cm³/mol. The molecule has 0 radical (unpaired) electrons. The van der Waals surface area contributed by atoms with E-state index < -0.39 is 21.8 Å². The van der Waals surface area contributed by atoms with Crippen molar-refractivity contribution in [2.75, 3.05) is 11.9 Å². The number of thiazole rings is 1. The summed E-state index contributed by atoms with van der Waals surface area (Å²) in [7, 11) is -4.00. The fraction of sp³-hybridized carbons (Fsp3) is 0.0833. The van der Waals surface area contributed by atoms with Crippen molar-refractivity contribution in [3.8, 4) is 21.7 Å². The Bertz CT molecular complexity index is 1430. The fourth-order valence-corrected chi connectivity index (χ4v) is 5.15. The van der Waals surface area contributed by atoms with Crippen LogP contribution >= 0.6 is 11.3 Å². The molecule has 0 unspecified atom stereocenters. The Morgan fingerprint density at radius 1 is 1.06 bits per heavy atom. The first-order chi connectivity index (χ1) is 16.3. The lowest BCUT2D eigenvalue weighted by molar-refractivity contribution is 0.0526. The van der Waals surface area contributed by atoms with Gasteiger partial charge in [0, 0.05) is 16.8 Å². The molecule has 3 N–H and O–H groups in total. The van der Waals surface area contributed by atoms with E-state index in [1.165, 1.54) is 29.5 Å². The minimum atomic E-state index is -4.00. The first-order valence-corrected chi connectivity index (χ1v) is 12.6. The number of aromatic nitrogens is 1. The molecule has 1 heterocycles. The number of carbonyl (C=O) groups excluding carboxylic acids is 1. The topological polar surface area (TPSA) is 111 Å². The molecule has 0 saturated carbocycles. The number of benzene rings is 3. The molecule has 0 amide bonds. The second-order valence-corrected chi connectivity index (χ2v) is 9.70. The smallest absolute Gasteiger partial charge is 0.338 e. The molecule has 7 nitrogen and oxygen atoms in total. The van der Waals surface area contributed by atoms with E-state index in [-0.39, 0.29) is 11.5 Å². The van der Waals surface area contributed by atoms with Crippen LogP contribution in [0.2, 0.25) is 0 Å². The number of sulfonamides is 1. The highest BCUT2D eigenvalue weighted by Gasteiger charge is 2.22. The van der Waals surface area contributed by atoms with Crippen LogP contribution in [0.5, 0.6) is 0 Å². The average molecular weight is 498 g/mol. The lowest BCUT2D eigenvalue weighted by Crippen LogP contribution is -2.13. The lowest BCUT2D eigenvalue weighted by atomic mass is 10.1. The Labute approximate surface area is 200 Å². The second kappa shape index (κ2) is 9.72. The highest BCUT2D eigenvalue weighted by Crippen LogP contribution is 2.42. The van der Waals surface area contributed by atoms with Gasteiger partial charge in [0.2, 0.25) is 10.0 Å². The number of primary sulfonamides is 1. The van der Waals surface area contributed by atoms with Crippen LogP contribution in [0.3, 0.4) is 0 Å². The quantitative estimate of drug-likeness (QED) is 0.340. The van der Waals surface area contributed by atoms with E-state index >= 15 is 0 Å². The van der Waals surface area contributed by atoms with Crippen molar-refractivity contribution < 1.29 is 22.3 Å². The maximum absolute atomic E-state index is 13.5. The Hall–Kier alpha value is -3.60. The van der Waals surface area contributed by atoms with Crippen molar-refractivity contribution in [2.24, 2.45) is 5.14 Å². The van der Waals surface area contributed by atoms with Gasteiger partial charge in [-0.3, -0.25) is 0 Å². The minimum Gasteiger partial charge on any atom is -0.462 e. The number of hydrogen-bond acceptors (Lipinski definition) is 7. The van der Waals surface area contributed by atoms with Gasteiger partial charge >= 0.3 is 5.97 Å². The van der Waals surface area contributed by atoms with E-state index in [1.54, 1.807) is 61.5 Å². The van der Waals surface area contributed by atoms with Crippen LogP contribution in [0, 0.1) is 5.82 Å². The monoisotopic (exact) mass is 497 g/mol. The highest BCUT2D eigenvalue weighted by atomic mass is 32.2. The molecule has 3 aromatic carbocycles. The number of anilines is 2. The number of esters is 1. The van der Waals surface area contributed by atoms with Gasteiger partial charge in [0.25, 0.3) is 0 Å². The summed E-state index contributed by atoms with van der Waals surface area (Å²) in [5.74, 6) is -0.811. The third-order valence-electron chi connectivity index (χ3n) is 4.83. The predicted octanol–water partition coefficient (Wildman–Crippen LogP) is 5.18. The molecule has 10 heteroatoms. The summed E-state index contributed by atoms with van der Waals surface area (Å²) < 4.78 is 42.9. The Morgan fingerprint density at radius 3 is 2.38 bits per heavy atom. The summed E-state index contributed by atoms with van der Waals surface area (Å²) in [6, 6.07) is 18.8. The van der Waals surface area contributed by atoms with Crippen molar-refractivity contribution in [2.45, 2.75) is 11.8 Å². The van der Waals surface area contributed by atoms with E-state index in [2.05, 4.69) is 10.3 Å². The summed E-state index contributed by atoms with van der Waals surface area (Å²) in [5.41, 5.74) is 2.57. The number of halogens is 1. The molecule has 34 heavy (non-hydrogen) atoms. The van der Waals surface area contributed by atoms with E-state index in [1.807, 2.05) is 0 Å². The van der Waals surface area contributed by atoms with Gasteiger partial charge in [0.1, 0.15) is 5.82 Å². The molecular weight excluding hydrogens is 477 g/mol. The Balaban J connectivity index is 1.77. The largest absolute Gasteiger partial charge is 0.462 e. The molecule has 4 rings (SSSR count). The van der Waals surface area contributed by atoms with Crippen LogP contribution in [0.15, 0.2) is 77.7 Å². The van der Waals surface area contributed by atoms with Crippen LogP contribution in [-0.4, -0.2) is 26.0 Å². The SMILES string of the molecule is CCOC(=O)c1ccc(Nc2nc(-c3ccc(F)cc3)c(-c3ccccc3S(N)(=O)=O)s2)cc1. The van der Waals surface area contributed by atoms with E-state index in [4.69, 9.17) is 9.88 Å². The molecule has 0 atom stereocenters. The van der Waals surface area contributed by atoms with Crippen LogP contribution in [0.25, 0.3) is 21.7 Å². The summed E-state index contributed by atoms with van der Waals surface area (Å²) in [4.78, 5) is 17.0. The van der Waals surface area contributed by atoms with E-state index in [0.717, 1.165) is 0 Å². The summed E-state index contributed by atoms with van der Waals surface area (Å²) in [6.45, 7) is 2.02. The molecule has 174 valence electrons. The molecular formula is C24H20FN3O4S2.